The minimum absolute atomic E-state index is 0. The van der Waals surface area contributed by atoms with Gasteiger partial charge in [-0.05, 0) is 27.7 Å². The molecule has 12 N–H and O–H groups in total. The number of carboxylic acids is 8. The number of carbonyl (C=O) groups is 8. The summed E-state index contributed by atoms with van der Waals surface area (Å²) in [5.74, 6) is -9.81. The van der Waals surface area contributed by atoms with E-state index in [1.54, 1.807) is 0 Å². The zero-order chi connectivity index (χ0) is 36.9. The van der Waals surface area contributed by atoms with Gasteiger partial charge in [0.15, 0.2) is 0 Å². The standard InChI is InChI=1S/4C5H6O4.BH3O3.BHO3.2Li/c4*1-3(5(8)9)2-4(6)7;2*2-1(3)4;;/h4*2H,1H3,(H,6,7)(H,8,9);2-4H;2H;;/q;;;;;-2;2*+1/b4*3-2-;;;;. The number of hydrogen-bond donors (Lipinski definition) is 12. The molecule has 46 heavy (non-hydrogen) atoms. The molecule has 0 rings (SSSR count). The minimum Gasteiger partial charge on any atom is -0.871 e. The second kappa shape index (κ2) is 37.0. The van der Waals surface area contributed by atoms with E-state index in [1.165, 1.54) is 27.7 Å². The van der Waals surface area contributed by atoms with Crippen molar-refractivity contribution in [1.29, 1.82) is 0 Å². The van der Waals surface area contributed by atoms with E-state index < -0.39 is 62.4 Å². The molecular formula is C20H28B2Li2O22. The molecule has 0 aliphatic rings. The summed E-state index contributed by atoms with van der Waals surface area (Å²) in [7, 11) is -4.83. The molecule has 0 bridgehead atoms. The fourth-order valence-corrected chi connectivity index (χ4v) is 0.988. The molecule has 0 aromatic carbocycles. The molecule has 22 nitrogen and oxygen atoms in total. The Hall–Kier alpha value is -4.20. The van der Waals surface area contributed by atoms with Crippen molar-refractivity contribution in [2.45, 2.75) is 27.7 Å². The first kappa shape index (κ1) is 60.9. The number of carboxylic acid groups (broad SMARTS) is 8. The summed E-state index contributed by atoms with van der Waals surface area (Å²) in [6, 6.07) is 0. The average molecular weight is 656 g/mol. The van der Waals surface area contributed by atoms with Gasteiger partial charge in [0.2, 0.25) is 0 Å². The van der Waals surface area contributed by atoms with E-state index in [0.717, 1.165) is 0 Å². The van der Waals surface area contributed by atoms with Crippen molar-refractivity contribution in [2.24, 2.45) is 0 Å². The fraction of sp³-hybridized carbons (Fsp3) is 0.200. The predicted octanol–water partition coefficient (Wildman–Crippen LogP) is -11.0. The Kier molecular flexibility index (Phi) is 49.0. The maximum Gasteiger partial charge on any atom is 1.00 e. The van der Waals surface area contributed by atoms with E-state index >= 15 is 0 Å². The van der Waals surface area contributed by atoms with Gasteiger partial charge >= 0.3 is 92.8 Å². The van der Waals surface area contributed by atoms with E-state index in [-0.39, 0.29) is 60.0 Å². The van der Waals surface area contributed by atoms with Crippen molar-refractivity contribution in [2.75, 3.05) is 0 Å². The molecule has 0 heterocycles. The molecular weight excluding hydrogens is 628 g/mol. The Morgan fingerprint density at radius 2 is 0.500 bits per heavy atom. The molecule has 0 radical (unpaired) electrons. The largest absolute Gasteiger partial charge is 1.00 e. The van der Waals surface area contributed by atoms with Gasteiger partial charge in [-0.25, -0.2) is 38.4 Å². The van der Waals surface area contributed by atoms with Crippen LogP contribution >= 0.6 is 0 Å². The summed E-state index contributed by atoms with van der Waals surface area (Å²) in [4.78, 5) is 78.7. The van der Waals surface area contributed by atoms with Crippen molar-refractivity contribution in [3.63, 3.8) is 0 Å². The number of hydrogen-bond acceptors (Lipinski definition) is 14. The SMILES string of the molecule is C/C(=C/C(=O)O)C(=O)O.C/C(=C/C(=O)O)C(=O)O.C/C(=C/C(=O)O)C(=O)O.C/C(=C/C(=O)O)C(=O)O.OB(O)O.[Li+].[Li+].[O-]B([O-])O. The number of rotatable bonds is 8. The molecule has 0 saturated heterocycles. The first-order chi connectivity index (χ1) is 19.6. The third-order valence-corrected chi connectivity index (χ3v) is 2.71. The van der Waals surface area contributed by atoms with Crippen LogP contribution in [0.2, 0.25) is 0 Å². The molecule has 0 amide bonds. The average Bonchev–Trinajstić information content (AvgIpc) is 2.77. The molecule has 0 aromatic rings. The van der Waals surface area contributed by atoms with Crippen LogP contribution in [0.15, 0.2) is 46.6 Å². The van der Waals surface area contributed by atoms with Crippen molar-refractivity contribution < 1.29 is 147 Å². The normalized spacial score (nSPS) is 9.78. The molecule has 0 saturated carbocycles. The van der Waals surface area contributed by atoms with Gasteiger partial charge in [0.25, 0.3) is 0 Å². The maximum absolute atomic E-state index is 9.90. The van der Waals surface area contributed by atoms with Crippen LogP contribution in [0.4, 0.5) is 0 Å². The molecule has 0 unspecified atom stereocenters. The second-order valence-electron chi connectivity index (χ2n) is 6.54. The van der Waals surface area contributed by atoms with Crippen molar-refractivity contribution >= 4 is 62.4 Å². The molecule has 248 valence electrons. The monoisotopic (exact) mass is 656 g/mol. The summed E-state index contributed by atoms with van der Waals surface area (Å²) in [5.41, 5.74) is -0.713. The molecule has 0 aliphatic heterocycles. The first-order valence-corrected chi connectivity index (χ1v) is 10.2. The van der Waals surface area contributed by atoms with E-state index in [2.05, 4.69) is 0 Å². The summed E-state index contributed by atoms with van der Waals surface area (Å²) < 4.78 is 0. The van der Waals surface area contributed by atoms with Gasteiger partial charge in [0.05, 0.1) is 7.32 Å². The predicted molar refractivity (Wildman–Crippen MR) is 136 cm³/mol. The van der Waals surface area contributed by atoms with E-state index in [0.29, 0.717) is 24.3 Å². The molecule has 0 aliphatic carbocycles. The van der Waals surface area contributed by atoms with Crippen LogP contribution in [-0.4, -0.2) is 123 Å². The molecule has 0 fully saturated rings. The third kappa shape index (κ3) is 77.5. The Balaban J connectivity index is -0.0000000638. The van der Waals surface area contributed by atoms with Gasteiger partial charge < -0.3 is 71.0 Å². The maximum atomic E-state index is 9.90. The molecule has 0 aromatic heterocycles. The van der Waals surface area contributed by atoms with Gasteiger partial charge in [-0.3, -0.25) is 0 Å². The van der Waals surface area contributed by atoms with Crippen LogP contribution in [-0.2, 0) is 38.4 Å². The Morgan fingerprint density at radius 1 is 0.413 bits per heavy atom. The summed E-state index contributed by atoms with van der Waals surface area (Å²) in [5, 5.41) is 110. The van der Waals surface area contributed by atoms with E-state index in [1.807, 2.05) is 0 Å². The van der Waals surface area contributed by atoms with Crippen LogP contribution in [0.3, 0.4) is 0 Å². The van der Waals surface area contributed by atoms with E-state index in [9.17, 15) is 38.4 Å². The van der Waals surface area contributed by atoms with Gasteiger partial charge in [0.1, 0.15) is 0 Å². The zero-order valence-corrected chi connectivity index (χ0v) is 24.9. The van der Waals surface area contributed by atoms with Crippen LogP contribution in [0, 0.1) is 0 Å². The van der Waals surface area contributed by atoms with Crippen molar-refractivity contribution in [3.05, 3.63) is 46.6 Å². The Morgan fingerprint density at radius 3 is 0.522 bits per heavy atom. The van der Waals surface area contributed by atoms with Crippen molar-refractivity contribution in [3.8, 4) is 0 Å². The van der Waals surface area contributed by atoms with Crippen LogP contribution in [0.1, 0.15) is 27.7 Å². The summed E-state index contributed by atoms with van der Waals surface area (Å²) >= 11 is 0. The molecule has 0 atom stereocenters. The van der Waals surface area contributed by atoms with E-state index in [4.69, 9.17) is 71.0 Å². The topological polar surface area (TPSA) is 425 Å². The van der Waals surface area contributed by atoms with Gasteiger partial charge in [-0.2, -0.15) is 0 Å². The van der Waals surface area contributed by atoms with Crippen LogP contribution in [0.5, 0.6) is 0 Å². The van der Waals surface area contributed by atoms with Gasteiger partial charge in [-0.15, -0.1) is 0 Å². The summed E-state index contributed by atoms with van der Waals surface area (Å²) in [6.45, 7) is 4.87. The fourth-order valence-electron chi connectivity index (χ4n) is 0.988. The minimum atomic E-state index is -2.67. The molecule has 0 spiro atoms. The smallest absolute Gasteiger partial charge is 0.871 e. The van der Waals surface area contributed by atoms with Gasteiger partial charge in [0, 0.05) is 46.6 Å². The first-order valence-electron chi connectivity index (χ1n) is 10.2. The Labute approximate surface area is 283 Å². The third-order valence-electron chi connectivity index (χ3n) is 2.71. The zero-order valence-electron chi connectivity index (χ0n) is 24.9. The van der Waals surface area contributed by atoms with Crippen LogP contribution in [0.25, 0.3) is 0 Å². The van der Waals surface area contributed by atoms with Crippen LogP contribution < -0.4 is 47.8 Å². The number of aliphatic carboxylic acids is 8. The summed E-state index contributed by atoms with van der Waals surface area (Å²) in [6.07, 6.45) is 2.56. The molecule has 26 heteroatoms. The second-order valence-corrected chi connectivity index (χ2v) is 6.54. The quantitative estimate of drug-likeness (QED) is 0.0852. The van der Waals surface area contributed by atoms with Crippen molar-refractivity contribution in [1.82, 2.24) is 0 Å². The van der Waals surface area contributed by atoms with Gasteiger partial charge in [-0.1, -0.05) is 0 Å². The Bertz CT molecular complexity index is 939.